The van der Waals surface area contributed by atoms with Gasteiger partial charge in [-0.15, -0.1) is 0 Å². The first-order valence-corrected chi connectivity index (χ1v) is 6.11. The molecule has 2 aromatic rings. The van der Waals surface area contributed by atoms with Crippen molar-refractivity contribution in [3.05, 3.63) is 42.1 Å². The Balaban J connectivity index is 2.15. The lowest BCUT2D eigenvalue weighted by molar-refractivity contribution is -0.120. The summed E-state index contributed by atoms with van der Waals surface area (Å²) in [4.78, 5) is 27.5. The average Bonchev–Trinajstić information content (AvgIpc) is 2.44. The molecule has 2 rings (SSSR count). The van der Waals surface area contributed by atoms with E-state index in [4.69, 9.17) is 0 Å². The van der Waals surface area contributed by atoms with Crippen molar-refractivity contribution in [2.24, 2.45) is 0 Å². The van der Waals surface area contributed by atoms with Gasteiger partial charge in [0, 0.05) is 18.1 Å². The van der Waals surface area contributed by atoms with Gasteiger partial charge in [-0.1, -0.05) is 18.2 Å². The molecule has 0 unspecified atom stereocenters. The van der Waals surface area contributed by atoms with Crippen LogP contribution in [0.2, 0.25) is 0 Å². The van der Waals surface area contributed by atoms with E-state index in [-0.39, 0.29) is 18.4 Å². The van der Waals surface area contributed by atoms with Crippen molar-refractivity contribution in [2.75, 3.05) is 13.1 Å². The standard InChI is InChI=1S/C14H15N3O2/c1-2-15-13(18)9-17-14(19)11-7-8-16-12-6-4-3-5-10(11)12/h3-8H,2,9H2,1H3,(H,15,18)(H,17,19). The Hall–Kier alpha value is -2.43. The van der Waals surface area contributed by atoms with Crippen molar-refractivity contribution in [1.82, 2.24) is 15.6 Å². The minimum Gasteiger partial charge on any atom is -0.355 e. The van der Waals surface area contributed by atoms with Crippen molar-refractivity contribution in [3.63, 3.8) is 0 Å². The van der Waals surface area contributed by atoms with Crippen LogP contribution in [0.5, 0.6) is 0 Å². The fourth-order valence-corrected chi connectivity index (χ4v) is 1.81. The monoisotopic (exact) mass is 257 g/mol. The summed E-state index contributed by atoms with van der Waals surface area (Å²) in [6.07, 6.45) is 1.59. The van der Waals surface area contributed by atoms with Gasteiger partial charge in [-0.05, 0) is 19.1 Å². The highest BCUT2D eigenvalue weighted by Gasteiger charge is 2.11. The van der Waals surface area contributed by atoms with E-state index in [2.05, 4.69) is 15.6 Å². The van der Waals surface area contributed by atoms with Gasteiger partial charge < -0.3 is 10.6 Å². The lowest BCUT2D eigenvalue weighted by atomic mass is 10.1. The second kappa shape index (κ2) is 5.95. The molecule has 0 fully saturated rings. The molecule has 0 aliphatic rings. The SMILES string of the molecule is CCNC(=O)CNC(=O)c1ccnc2ccccc12. The number of carbonyl (C=O) groups is 2. The molecule has 1 aromatic carbocycles. The van der Waals surface area contributed by atoms with Gasteiger partial charge >= 0.3 is 0 Å². The minimum atomic E-state index is -0.273. The van der Waals surface area contributed by atoms with Gasteiger partial charge in [-0.25, -0.2) is 0 Å². The second-order valence-electron chi connectivity index (χ2n) is 4.01. The number of fused-ring (bicyclic) bond motifs is 1. The Labute approximate surface area is 111 Å². The van der Waals surface area contributed by atoms with E-state index < -0.39 is 0 Å². The van der Waals surface area contributed by atoms with Crippen LogP contribution < -0.4 is 10.6 Å². The number of aromatic nitrogens is 1. The van der Waals surface area contributed by atoms with E-state index in [0.29, 0.717) is 12.1 Å². The molecular formula is C14H15N3O2. The molecule has 19 heavy (non-hydrogen) atoms. The zero-order valence-corrected chi connectivity index (χ0v) is 10.6. The molecule has 0 spiro atoms. The lowest BCUT2D eigenvalue weighted by Crippen LogP contribution is -2.36. The number of carbonyl (C=O) groups excluding carboxylic acids is 2. The highest BCUT2D eigenvalue weighted by molar-refractivity contribution is 6.06. The molecule has 2 amide bonds. The predicted octanol–water partition coefficient (Wildman–Crippen LogP) is 1.10. The molecule has 0 aliphatic carbocycles. The van der Waals surface area contributed by atoms with Crippen LogP contribution in [0.25, 0.3) is 10.9 Å². The largest absolute Gasteiger partial charge is 0.355 e. The lowest BCUT2D eigenvalue weighted by Gasteiger charge is -2.07. The molecule has 1 heterocycles. The van der Waals surface area contributed by atoms with Gasteiger partial charge in [0.05, 0.1) is 17.6 Å². The third kappa shape index (κ3) is 3.07. The van der Waals surface area contributed by atoms with E-state index in [1.807, 2.05) is 31.2 Å². The Morgan fingerprint density at radius 3 is 2.74 bits per heavy atom. The maximum absolute atomic E-state index is 12.0. The zero-order chi connectivity index (χ0) is 13.7. The minimum absolute atomic E-state index is 0.0245. The van der Waals surface area contributed by atoms with Crippen molar-refractivity contribution in [2.45, 2.75) is 6.92 Å². The molecular weight excluding hydrogens is 242 g/mol. The van der Waals surface area contributed by atoms with Crippen molar-refractivity contribution < 1.29 is 9.59 Å². The van der Waals surface area contributed by atoms with E-state index in [9.17, 15) is 9.59 Å². The molecule has 1 aromatic heterocycles. The van der Waals surface area contributed by atoms with Crippen molar-refractivity contribution in [3.8, 4) is 0 Å². The third-order valence-corrected chi connectivity index (χ3v) is 2.68. The molecule has 5 nitrogen and oxygen atoms in total. The molecule has 98 valence electrons. The van der Waals surface area contributed by atoms with E-state index >= 15 is 0 Å². The molecule has 2 N–H and O–H groups in total. The normalized spacial score (nSPS) is 10.2. The topological polar surface area (TPSA) is 71.1 Å². The van der Waals surface area contributed by atoms with Gasteiger partial charge in [-0.2, -0.15) is 0 Å². The van der Waals surface area contributed by atoms with Crippen LogP contribution in [0, 0.1) is 0 Å². The number of amides is 2. The fourth-order valence-electron chi connectivity index (χ4n) is 1.81. The number of para-hydroxylation sites is 1. The van der Waals surface area contributed by atoms with E-state index in [0.717, 1.165) is 10.9 Å². The van der Waals surface area contributed by atoms with Gasteiger partial charge in [0.1, 0.15) is 0 Å². The fraction of sp³-hybridized carbons (Fsp3) is 0.214. The van der Waals surface area contributed by atoms with Gasteiger partial charge in [0.2, 0.25) is 5.91 Å². The molecule has 0 saturated carbocycles. The third-order valence-electron chi connectivity index (χ3n) is 2.68. The summed E-state index contributed by atoms with van der Waals surface area (Å²) >= 11 is 0. The summed E-state index contributed by atoms with van der Waals surface area (Å²) in [5.74, 6) is -0.473. The number of likely N-dealkylation sites (N-methyl/N-ethyl adjacent to an activating group) is 1. The molecule has 0 atom stereocenters. The number of pyridine rings is 1. The highest BCUT2D eigenvalue weighted by atomic mass is 16.2. The van der Waals surface area contributed by atoms with E-state index in [1.165, 1.54) is 0 Å². The summed E-state index contributed by atoms with van der Waals surface area (Å²) in [5, 5.41) is 6.00. The Morgan fingerprint density at radius 2 is 1.95 bits per heavy atom. The van der Waals surface area contributed by atoms with Crippen LogP contribution in [0.15, 0.2) is 36.5 Å². The first-order chi connectivity index (χ1) is 9.22. The van der Waals surface area contributed by atoms with Crippen LogP contribution >= 0.6 is 0 Å². The van der Waals surface area contributed by atoms with Crippen molar-refractivity contribution in [1.29, 1.82) is 0 Å². The van der Waals surface area contributed by atoms with E-state index in [1.54, 1.807) is 12.3 Å². The first-order valence-electron chi connectivity index (χ1n) is 6.11. The second-order valence-corrected chi connectivity index (χ2v) is 4.01. The Bertz CT molecular complexity index is 605. The maximum atomic E-state index is 12.0. The van der Waals surface area contributed by atoms with Crippen molar-refractivity contribution >= 4 is 22.7 Å². The Kier molecular flexibility index (Phi) is 4.07. The van der Waals surface area contributed by atoms with Crippen LogP contribution in [-0.2, 0) is 4.79 Å². The maximum Gasteiger partial charge on any atom is 0.252 e. The predicted molar refractivity (Wildman–Crippen MR) is 72.8 cm³/mol. The quantitative estimate of drug-likeness (QED) is 0.861. The zero-order valence-electron chi connectivity index (χ0n) is 10.6. The van der Waals surface area contributed by atoms with Gasteiger partial charge in [-0.3, -0.25) is 14.6 Å². The number of hydrogen-bond acceptors (Lipinski definition) is 3. The number of nitrogens with one attached hydrogen (secondary N) is 2. The van der Waals surface area contributed by atoms with Gasteiger partial charge in [0.15, 0.2) is 0 Å². The van der Waals surface area contributed by atoms with Crippen LogP contribution in [-0.4, -0.2) is 29.9 Å². The molecule has 0 bridgehead atoms. The molecule has 5 heteroatoms. The smallest absolute Gasteiger partial charge is 0.252 e. The number of benzene rings is 1. The summed E-state index contributed by atoms with van der Waals surface area (Å²) in [6.45, 7) is 2.35. The number of rotatable bonds is 4. The van der Waals surface area contributed by atoms with Crippen LogP contribution in [0.3, 0.4) is 0 Å². The number of hydrogen-bond donors (Lipinski definition) is 2. The molecule has 0 saturated heterocycles. The molecule has 0 aliphatic heterocycles. The van der Waals surface area contributed by atoms with Crippen LogP contribution in [0.4, 0.5) is 0 Å². The summed E-state index contributed by atoms with van der Waals surface area (Å²) in [5.41, 5.74) is 1.28. The first kappa shape index (κ1) is 13.0. The highest BCUT2D eigenvalue weighted by Crippen LogP contribution is 2.15. The average molecular weight is 257 g/mol. The summed E-state index contributed by atoms with van der Waals surface area (Å²) < 4.78 is 0. The van der Waals surface area contributed by atoms with Gasteiger partial charge in [0.25, 0.3) is 5.91 Å². The van der Waals surface area contributed by atoms with Crippen LogP contribution in [0.1, 0.15) is 17.3 Å². The summed E-state index contributed by atoms with van der Waals surface area (Å²) in [7, 11) is 0. The summed E-state index contributed by atoms with van der Waals surface area (Å²) in [6, 6.07) is 9.05. The number of nitrogens with zero attached hydrogens (tertiary/aromatic N) is 1. The Morgan fingerprint density at radius 1 is 1.16 bits per heavy atom. The molecule has 0 radical (unpaired) electrons.